The van der Waals surface area contributed by atoms with E-state index in [1.54, 1.807) is 0 Å². The number of halogens is 2. The van der Waals surface area contributed by atoms with Crippen LogP contribution in [0.1, 0.15) is 47.6 Å². The molecular weight excluding hydrogens is 566 g/mol. The number of hydrogen-bond donors (Lipinski definition) is 0. The summed E-state index contributed by atoms with van der Waals surface area (Å²) in [4.78, 5) is 0. The van der Waals surface area contributed by atoms with Crippen molar-refractivity contribution < 1.29 is 17.7 Å². The minimum atomic E-state index is -1.73. The Morgan fingerprint density at radius 1 is 1.07 bits per heavy atom. The van der Waals surface area contributed by atoms with Gasteiger partial charge < -0.3 is 0 Å². The van der Waals surface area contributed by atoms with Crippen molar-refractivity contribution in [2.24, 2.45) is 0 Å². The van der Waals surface area contributed by atoms with Gasteiger partial charge in [-0.3, -0.25) is 6.08 Å². The van der Waals surface area contributed by atoms with Gasteiger partial charge in [0.25, 0.3) is 0 Å². The SMILES string of the molecule is CC(C)c1cc2ccccc2[cH-]1.C[Si]=[Hf]([Cl])[Cl].Cc1ccc(C)c2c1C=[C-]C2. The monoisotopic (exact) mass is 593 g/mol. The van der Waals surface area contributed by atoms with Crippen LogP contribution in [0, 0.1) is 19.9 Å². The molecule has 0 unspecified atom stereocenters. The summed E-state index contributed by atoms with van der Waals surface area (Å²) in [5.74, 6) is 0.636. The Morgan fingerprint density at radius 3 is 2.29 bits per heavy atom. The molecular formula is C24H27Cl2HfSi-2. The standard InChI is InChI=1S/C12H13.C11H11.CH3Si.2ClH.Hf/c1-9(2)12-7-10-5-3-4-6-11(10)8-12;1-8-6-7-9(2)11-5-3-4-10(8)11;1-2;;;/h3-9H,1-2H3;4,6-7H,5H2,1-2H3;1H3;2*1H;/q2*-1;;;;+2/p-2. The van der Waals surface area contributed by atoms with E-state index in [1.807, 2.05) is 0 Å². The molecule has 0 fully saturated rings. The molecule has 0 saturated carbocycles. The molecule has 0 nitrogen and oxygen atoms in total. The van der Waals surface area contributed by atoms with Crippen molar-refractivity contribution in [1.29, 1.82) is 0 Å². The molecule has 0 spiro atoms. The first-order valence-corrected chi connectivity index (χ1v) is 25.3. The average molecular weight is 593 g/mol. The molecule has 0 bridgehead atoms. The third kappa shape index (κ3) is 6.76. The van der Waals surface area contributed by atoms with E-state index in [0.29, 0.717) is 5.92 Å². The van der Waals surface area contributed by atoms with Crippen LogP contribution in [-0.4, -0.2) is 6.22 Å². The molecule has 147 valence electrons. The molecule has 0 aromatic heterocycles. The van der Waals surface area contributed by atoms with Gasteiger partial charge >= 0.3 is 47.6 Å². The van der Waals surface area contributed by atoms with E-state index in [4.69, 9.17) is 17.2 Å². The Morgan fingerprint density at radius 2 is 1.71 bits per heavy atom. The Kier molecular flexibility index (Phi) is 9.83. The van der Waals surface area contributed by atoms with Gasteiger partial charge in [-0.2, -0.15) is 11.6 Å². The second-order valence-corrected chi connectivity index (χ2v) is 32.0. The fraction of sp³-hybridized carbons (Fsp3) is 0.292. The minimum absolute atomic E-state index is 0.636. The van der Waals surface area contributed by atoms with Gasteiger partial charge in [-0.15, -0.1) is 58.1 Å². The fourth-order valence-electron chi connectivity index (χ4n) is 3.09. The molecule has 0 atom stereocenters. The number of aryl methyl sites for hydroxylation is 2. The van der Waals surface area contributed by atoms with Crippen molar-refractivity contribution in [1.82, 2.24) is 0 Å². The molecule has 0 saturated heterocycles. The van der Waals surface area contributed by atoms with E-state index in [1.165, 1.54) is 38.6 Å². The zero-order valence-electron chi connectivity index (χ0n) is 17.2. The van der Waals surface area contributed by atoms with Crippen molar-refractivity contribution in [3.63, 3.8) is 0 Å². The number of allylic oxidation sites excluding steroid dienone is 1. The van der Waals surface area contributed by atoms with Crippen LogP contribution in [-0.2, 0) is 24.1 Å². The quantitative estimate of drug-likeness (QED) is 0.199. The van der Waals surface area contributed by atoms with Gasteiger partial charge in [0.15, 0.2) is 0 Å². The van der Waals surface area contributed by atoms with Crippen LogP contribution in [0.5, 0.6) is 0 Å². The van der Waals surface area contributed by atoms with Crippen molar-refractivity contribution in [2.45, 2.75) is 46.6 Å². The van der Waals surface area contributed by atoms with Gasteiger partial charge in [-0.25, -0.2) is 6.08 Å². The zero-order chi connectivity index (χ0) is 20.7. The largest absolute Gasteiger partial charge is 0.272 e. The normalized spacial score (nSPS) is 11.4. The van der Waals surface area contributed by atoms with Crippen molar-refractivity contribution in [3.05, 3.63) is 82.4 Å². The zero-order valence-corrected chi connectivity index (χ0v) is 23.3. The summed E-state index contributed by atoms with van der Waals surface area (Å²) in [5, 5.41) is 2.72. The predicted molar refractivity (Wildman–Crippen MR) is 124 cm³/mol. The van der Waals surface area contributed by atoms with Crippen LogP contribution < -0.4 is 0 Å². The molecule has 3 aromatic carbocycles. The van der Waals surface area contributed by atoms with Gasteiger partial charge in [-0.1, -0.05) is 44.5 Å². The molecule has 4 rings (SSSR count). The van der Waals surface area contributed by atoms with E-state index in [0.717, 1.165) is 12.6 Å². The number of rotatable bonds is 1. The number of benzene rings is 2. The topological polar surface area (TPSA) is 0 Å². The first-order valence-electron chi connectivity index (χ1n) is 9.50. The Balaban J connectivity index is 0.000000164. The van der Waals surface area contributed by atoms with Crippen LogP contribution in [0.15, 0.2) is 48.5 Å². The van der Waals surface area contributed by atoms with Crippen LogP contribution in [0.4, 0.5) is 0 Å². The fourth-order valence-corrected chi connectivity index (χ4v) is 3.09. The van der Waals surface area contributed by atoms with E-state index in [9.17, 15) is 0 Å². The molecule has 1 aliphatic carbocycles. The van der Waals surface area contributed by atoms with Gasteiger partial charge in [-0.05, 0) is 12.8 Å². The van der Waals surface area contributed by atoms with Crippen molar-refractivity contribution >= 4 is 40.2 Å². The predicted octanol–water partition coefficient (Wildman–Crippen LogP) is 7.94. The second kappa shape index (κ2) is 11.6. The molecule has 4 heteroatoms. The minimum Gasteiger partial charge on any atom is -0.272 e. The summed E-state index contributed by atoms with van der Waals surface area (Å²) in [7, 11) is 10.9. The molecule has 28 heavy (non-hydrogen) atoms. The summed E-state index contributed by atoms with van der Waals surface area (Å²) >= 11 is -1.73. The third-order valence-corrected chi connectivity index (χ3v) is 18.6. The van der Waals surface area contributed by atoms with Gasteiger partial charge in [0.05, 0.1) is 0 Å². The van der Waals surface area contributed by atoms with Gasteiger partial charge in [0.1, 0.15) is 0 Å². The first-order chi connectivity index (χ1) is 13.3. The Hall–Kier alpha value is -0.543. The van der Waals surface area contributed by atoms with E-state index in [-0.39, 0.29) is 0 Å². The summed E-state index contributed by atoms with van der Waals surface area (Å²) in [6.45, 7) is 10.8. The van der Waals surface area contributed by atoms with E-state index >= 15 is 0 Å². The van der Waals surface area contributed by atoms with Crippen LogP contribution in [0.3, 0.4) is 0 Å². The van der Waals surface area contributed by atoms with Crippen LogP contribution in [0.25, 0.3) is 16.8 Å². The first kappa shape index (κ1) is 23.7. The molecule has 0 aliphatic heterocycles. The Labute approximate surface area is 185 Å². The smallest absolute Gasteiger partial charge is 0.0410 e. The summed E-state index contributed by atoms with van der Waals surface area (Å²) in [6, 6.07) is 17.4. The van der Waals surface area contributed by atoms with Crippen LogP contribution in [0.2, 0.25) is 6.55 Å². The van der Waals surface area contributed by atoms with Crippen molar-refractivity contribution in [3.8, 4) is 0 Å². The van der Waals surface area contributed by atoms with Gasteiger partial charge in [0.2, 0.25) is 0 Å². The molecule has 1 radical (unpaired) electrons. The summed E-state index contributed by atoms with van der Waals surface area (Å²) < 4.78 is 0. The number of hydrogen-bond acceptors (Lipinski definition) is 0. The summed E-state index contributed by atoms with van der Waals surface area (Å²) in [6.07, 6.45) is 7.21. The molecule has 0 heterocycles. The van der Waals surface area contributed by atoms with E-state index in [2.05, 4.69) is 94.9 Å². The Bertz CT molecular complexity index is 946. The summed E-state index contributed by atoms with van der Waals surface area (Å²) in [5.41, 5.74) is 7.06. The second-order valence-electron chi connectivity index (χ2n) is 7.20. The molecule has 0 N–H and O–H groups in total. The van der Waals surface area contributed by atoms with E-state index < -0.39 is 17.7 Å². The van der Waals surface area contributed by atoms with Crippen LogP contribution >= 0.6 is 17.2 Å². The number of fused-ring (bicyclic) bond motifs is 2. The average Bonchev–Trinajstić information content (AvgIpc) is 3.33. The maximum atomic E-state index is 5.45. The third-order valence-electron chi connectivity index (χ3n) is 4.83. The maximum Gasteiger partial charge on any atom is -0.0410 e. The molecule has 0 amide bonds. The molecule has 3 aromatic rings. The van der Waals surface area contributed by atoms with Gasteiger partial charge in [0, 0.05) is 0 Å². The molecule has 1 aliphatic rings. The maximum absolute atomic E-state index is 5.45. The van der Waals surface area contributed by atoms with Crippen molar-refractivity contribution in [2.75, 3.05) is 0 Å².